The number of aryl methyl sites for hydroxylation is 3. The van der Waals surface area contributed by atoms with E-state index in [0.717, 1.165) is 32.4 Å². The van der Waals surface area contributed by atoms with Crippen LogP contribution in [0.25, 0.3) is 10.9 Å². The predicted octanol–water partition coefficient (Wildman–Crippen LogP) is 3.97. The molecule has 0 aliphatic carbocycles. The van der Waals surface area contributed by atoms with Gasteiger partial charge in [0.25, 0.3) is 0 Å². The Morgan fingerprint density at radius 2 is 1.93 bits per heavy atom. The molecule has 1 aliphatic heterocycles. The molecule has 3 heteroatoms. The fraction of sp³-hybridized carbons (Fsp3) is 0.417. The van der Waals surface area contributed by atoms with Gasteiger partial charge in [-0.1, -0.05) is 42.0 Å². The molecule has 0 spiro atoms. The first-order valence-corrected chi connectivity index (χ1v) is 10.1. The Kier molecular flexibility index (Phi) is 5.07. The quantitative estimate of drug-likeness (QED) is 0.761. The minimum absolute atomic E-state index is 0.180. The third-order valence-electron chi connectivity index (χ3n) is 6.15. The Balaban J connectivity index is 1.77. The van der Waals surface area contributed by atoms with Crippen molar-refractivity contribution in [3.8, 4) is 0 Å². The fourth-order valence-corrected chi connectivity index (χ4v) is 4.60. The van der Waals surface area contributed by atoms with Crippen molar-refractivity contribution < 1.29 is 5.11 Å². The van der Waals surface area contributed by atoms with Gasteiger partial charge in [0.1, 0.15) is 0 Å². The molecule has 2 heterocycles. The minimum Gasteiger partial charge on any atom is -0.392 e. The predicted molar refractivity (Wildman–Crippen MR) is 112 cm³/mol. The van der Waals surface area contributed by atoms with E-state index in [-0.39, 0.29) is 12.1 Å². The first-order valence-electron chi connectivity index (χ1n) is 10.1. The van der Waals surface area contributed by atoms with Crippen LogP contribution in [-0.4, -0.2) is 40.3 Å². The maximum atomic E-state index is 10.3. The number of nitrogens with zero attached hydrogens (tertiary/aromatic N) is 2. The largest absolute Gasteiger partial charge is 0.392 e. The SMILES string of the molecule is Cc1ccc2c(c1)c1c(n2CCc2ccccc2)CCN(C)[C@H]([C@@H](C)O)C1. The molecule has 0 unspecified atom stereocenters. The van der Waals surface area contributed by atoms with Gasteiger partial charge in [-0.3, -0.25) is 0 Å². The molecule has 142 valence electrons. The first-order chi connectivity index (χ1) is 13.0. The molecule has 0 amide bonds. The Morgan fingerprint density at radius 3 is 2.67 bits per heavy atom. The highest BCUT2D eigenvalue weighted by Crippen LogP contribution is 2.32. The molecule has 0 saturated carbocycles. The molecule has 3 nitrogen and oxygen atoms in total. The third kappa shape index (κ3) is 3.54. The van der Waals surface area contributed by atoms with Gasteiger partial charge in [0.15, 0.2) is 0 Å². The summed E-state index contributed by atoms with van der Waals surface area (Å²) in [5.41, 5.74) is 6.93. The van der Waals surface area contributed by atoms with Crippen molar-refractivity contribution in [2.24, 2.45) is 0 Å². The lowest BCUT2D eigenvalue weighted by Crippen LogP contribution is -2.41. The monoisotopic (exact) mass is 362 g/mol. The summed E-state index contributed by atoms with van der Waals surface area (Å²) in [4.78, 5) is 2.33. The Hall–Kier alpha value is -2.10. The Bertz CT molecular complexity index is 926. The Morgan fingerprint density at radius 1 is 1.15 bits per heavy atom. The number of aliphatic hydroxyl groups excluding tert-OH is 1. The van der Waals surface area contributed by atoms with Crippen molar-refractivity contribution in [2.45, 2.75) is 51.8 Å². The average Bonchev–Trinajstić information content (AvgIpc) is 2.82. The van der Waals surface area contributed by atoms with Gasteiger partial charge in [0, 0.05) is 42.1 Å². The van der Waals surface area contributed by atoms with Gasteiger partial charge in [0.05, 0.1) is 6.10 Å². The van der Waals surface area contributed by atoms with E-state index in [9.17, 15) is 5.11 Å². The lowest BCUT2D eigenvalue weighted by atomic mass is 9.99. The molecule has 0 radical (unpaired) electrons. The van der Waals surface area contributed by atoms with E-state index in [2.05, 4.69) is 72.0 Å². The van der Waals surface area contributed by atoms with Crippen LogP contribution in [0, 0.1) is 6.92 Å². The topological polar surface area (TPSA) is 28.4 Å². The van der Waals surface area contributed by atoms with E-state index in [1.54, 1.807) is 0 Å². The maximum absolute atomic E-state index is 10.3. The summed E-state index contributed by atoms with van der Waals surface area (Å²) in [5.74, 6) is 0. The van der Waals surface area contributed by atoms with Gasteiger partial charge in [-0.2, -0.15) is 0 Å². The van der Waals surface area contributed by atoms with E-state index in [4.69, 9.17) is 0 Å². The van der Waals surface area contributed by atoms with Crippen LogP contribution in [-0.2, 0) is 25.8 Å². The van der Waals surface area contributed by atoms with Crippen LogP contribution in [0.2, 0.25) is 0 Å². The number of fused-ring (bicyclic) bond motifs is 3. The number of benzene rings is 2. The van der Waals surface area contributed by atoms with Crippen LogP contribution < -0.4 is 0 Å². The first kappa shape index (κ1) is 18.3. The van der Waals surface area contributed by atoms with Crippen molar-refractivity contribution in [3.05, 3.63) is 70.9 Å². The van der Waals surface area contributed by atoms with Crippen LogP contribution in [0.4, 0.5) is 0 Å². The third-order valence-corrected chi connectivity index (χ3v) is 6.15. The molecular formula is C24H30N2O. The second-order valence-corrected chi connectivity index (χ2v) is 8.08. The lowest BCUT2D eigenvalue weighted by molar-refractivity contribution is 0.0798. The van der Waals surface area contributed by atoms with Crippen LogP contribution in [0.5, 0.6) is 0 Å². The van der Waals surface area contributed by atoms with Crippen molar-refractivity contribution in [1.82, 2.24) is 9.47 Å². The van der Waals surface area contributed by atoms with Crippen molar-refractivity contribution >= 4 is 10.9 Å². The normalized spacial score (nSPS) is 19.0. The molecule has 2 atom stereocenters. The van der Waals surface area contributed by atoms with E-state index in [1.165, 1.54) is 33.3 Å². The maximum Gasteiger partial charge on any atom is 0.0670 e. The summed E-state index contributed by atoms with van der Waals surface area (Å²) >= 11 is 0. The van der Waals surface area contributed by atoms with Crippen LogP contribution >= 0.6 is 0 Å². The van der Waals surface area contributed by atoms with Gasteiger partial charge in [-0.05, 0) is 57.0 Å². The van der Waals surface area contributed by atoms with Gasteiger partial charge < -0.3 is 14.6 Å². The zero-order valence-electron chi connectivity index (χ0n) is 16.7. The van der Waals surface area contributed by atoms with E-state index in [1.807, 2.05) is 6.92 Å². The van der Waals surface area contributed by atoms with E-state index in [0.29, 0.717) is 0 Å². The highest BCUT2D eigenvalue weighted by atomic mass is 16.3. The second-order valence-electron chi connectivity index (χ2n) is 8.08. The average molecular weight is 363 g/mol. The number of hydrogen-bond donors (Lipinski definition) is 1. The standard InChI is InChI=1S/C24H30N2O/c1-17-9-10-22-20(15-17)21-16-24(18(2)27)25(3)13-12-23(21)26(22)14-11-19-7-5-4-6-8-19/h4-10,15,18,24,27H,11-14,16H2,1-3H3/t18-,24+/m1/s1. The van der Waals surface area contributed by atoms with Crippen molar-refractivity contribution in [3.63, 3.8) is 0 Å². The molecular weight excluding hydrogens is 332 g/mol. The number of hydrogen-bond acceptors (Lipinski definition) is 2. The summed E-state index contributed by atoms with van der Waals surface area (Å²) in [6.45, 7) is 6.08. The highest BCUT2D eigenvalue weighted by Gasteiger charge is 2.28. The zero-order valence-corrected chi connectivity index (χ0v) is 16.7. The number of aromatic nitrogens is 1. The van der Waals surface area contributed by atoms with Crippen LogP contribution in [0.3, 0.4) is 0 Å². The second kappa shape index (κ2) is 7.49. The number of likely N-dealkylation sites (N-methyl/N-ethyl adjacent to an activating group) is 1. The summed E-state index contributed by atoms with van der Waals surface area (Å²) in [5, 5.41) is 11.7. The fourth-order valence-electron chi connectivity index (χ4n) is 4.60. The molecule has 3 aromatic rings. The highest BCUT2D eigenvalue weighted by molar-refractivity contribution is 5.86. The minimum atomic E-state index is -0.325. The zero-order chi connectivity index (χ0) is 19.0. The van der Waals surface area contributed by atoms with Crippen molar-refractivity contribution in [1.29, 1.82) is 0 Å². The van der Waals surface area contributed by atoms with E-state index >= 15 is 0 Å². The summed E-state index contributed by atoms with van der Waals surface area (Å²) in [6.07, 6.45) is 2.67. The van der Waals surface area contributed by atoms with Gasteiger partial charge in [-0.25, -0.2) is 0 Å². The molecule has 2 aromatic carbocycles. The lowest BCUT2D eigenvalue weighted by Gasteiger charge is -2.28. The molecule has 1 aliphatic rings. The van der Waals surface area contributed by atoms with E-state index < -0.39 is 0 Å². The summed E-state index contributed by atoms with van der Waals surface area (Å²) < 4.78 is 2.54. The van der Waals surface area contributed by atoms with Gasteiger partial charge >= 0.3 is 0 Å². The molecule has 4 rings (SSSR count). The molecule has 1 N–H and O–H groups in total. The molecule has 0 fully saturated rings. The molecule has 0 saturated heterocycles. The summed E-state index contributed by atoms with van der Waals surface area (Å²) in [7, 11) is 2.14. The smallest absolute Gasteiger partial charge is 0.0670 e. The molecule has 0 bridgehead atoms. The molecule has 1 aromatic heterocycles. The van der Waals surface area contributed by atoms with Crippen LogP contribution in [0.1, 0.15) is 29.3 Å². The number of aliphatic hydroxyl groups is 1. The van der Waals surface area contributed by atoms with Crippen LogP contribution in [0.15, 0.2) is 48.5 Å². The Labute approximate surface area is 162 Å². The van der Waals surface area contributed by atoms with Crippen molar-refractivity contribution in [2.75, 3.05) is 13.6 Å². The summed E-state index contributed by atoms with van der Waals surface area (Å²) in [6, 6.07) is 17.8. The van der Waals surface area contributed by atoms with Gasteiger partial charge in [-0.15, -0.1) is 0 Å². The molecule has 27 heavy (non-hydrogen) atoms. The van der Waals surface area contributed by atoms with Gasteiger partial charge in [0.2, 0.25) is 0 Å². The number of rotatable bonds is 4.